The Kier molecular flexibility index (Phi) is 5.96. The molecule has 0 radical (unpaired) electrons. The maximum atomic E-state index is 10.1. The second-order valence-corrected chi connectivity index (χ2v) is 6.48. The standard InChI is InChI=1S/C21H27NO5/c1-5-27-19-11-16-13-22(9-8-14(16)10-17(19)23)12-15-6-7-18(24-2)21(26-4)20(15)25-3/h6-7,10-11,23H,5,8-9,12-13H2,1-4H3. The van der Waals surface area contributed by atoms with Gasteiger partial charge in [-0.05, 0) is 42.7 Å². The van der Waals surface area contributed by atoms with E-state index in [4.69, 9.17) is 18.9 Å². The summed E-state index contributed by atoms with van der Waals surface area (Å²) in [5, 5.41) is 10.1. The SMILES string of the molecule is CCOc1cc2c(cc1O)CCN(Cc1ccc(OC)c(OC)c1OC)C2. The van der Waals surface area contributed by atoms with Crippen molar-refractivity contribution in [1.82, 2.24) is 4.90 Å². The number of phenols is 1. The lowest BCUT2D eigenvalue weighted by Gasteiger charge is -2.30. The lowest BCUT2D eigenvalue weighted by Crippen LogP contribution is -2.30. The highest BCUT2D eigenvalue weighted by Gasteiger charge is 2.22. The van der Waals surface area contributed by atoms with Crippen molar-refractivity contribution < 1.29 is 24.1 Å². The number of fused-ring (bicyclic) bond motifs is 1. The molecule has 3 rings (SSSR count). The van der Waals surface area contributed by atoms with Gasteiger partial charge in [0.1, 0.15) is 0 Å². The number of hydrogen-bond acceptors (Lipinski definition) is 6. The van der Waals surface area contributed by atoms with Gasteiger partial charge in [0, 0.05) is 25.2 Å². The smallest absolute Gasteiger partial charge is 0.203 e. The van der Waals surface area contributed by atoms with Crippen LogP contribution in [0.4, 0.5) is 0 Å². The molecule has 0 saturated heterocycles. The number of phenolic OH excluding ortho intramolecular Hbond substituents is 1. The number of methoxy groups -OCH3 is 3. The van der Waals surface area contributed by atoms with Crippen LogP contribution in [0.1, 0.15) is 23.6 Å². The molecule has 0 amide bonds. The van der Waals surface area contributed by atoms with E-state index in [9.17, 15) is 5.11 Å². The molecular weight excluding hydrogens is 346 g/mol. The molecule has 0 aliphatic carbocycles. The Labute approximate surface area is 160 Å². The normalized spacial score (nSPS) is 13.8. The van der Waals surface area contributed by atoms with Gasteiger partial charge in [-0.2, -0.15) is 0 Å². The van der Waals surface area contributed by atoms with Crippen LogP contribution in [0.2, 0.25) is 0 Å². The van der Waals surface area contributed by atoms with Gasteiger partial charge in [-0.15, -0.1) is 0 Å². The largest absolute Gasteiger partial charge is 0.504 e. The minimum atomic E-state index is 0.214. The fraction of sp³-hybridized carbons (Fsp3) is 0.429. The van der Waals surface area contributed by atoms with Crippen LogP contribution in [0.25, 0.3) is 0 Å². The fourth-order valence-electron chi connectivity index (χ4n) is 3.57. The fourth-order valence-corrected chi connectivity index (χ4v) is 3.57. The zero-order valence-electron chi connectivity index (χ0n) is 16.4. The van der Waals surface area contributed by atoms with Crippen LogP contribution in [-0.4, -0.2) is 44.5 Å². The van der Waals surface area contributed by atoms with Crippen molar-refractivity contribution in [3.63, 3.8) is 0 Å². The number of hydrogen-bond donors (Lipinski definition) is 1. The zero-order valence-corrected chi connectivity index (χ0v) is 16.4. The lowest BCUT2D eigenvalue weighted by molar-refractivity contribution is 0.237. The molecule has 0 bridgehead atoms. The monoisotopic (exact) mass is 373 g/mol. The van der Waals surface area contributed by atoms with Crippen molar-refractivity contribution in [2.75, 3.05) is 34.5 Å². The van der Waals surface area contributed by atoms with Crippen LogP contribution in [0.3, 0.4) is 0 Å². The first kappa shape index (κ1) is 19.2. The Morgan fingerprint density at radius 1 is 0.963 bits per heavy atom. The van der Waals surface area contributed by atoms with Gasteiger partial charge in [-0.25, -0.2) is 0 Å². The van der Waals surface area contributed by atoms with Crippen molar-refractivity contribution in [2.24, 2.45) is 0 Å². The molecule has 1 aliphatic rings. The predicted octanol–water partition coefficient (Wildman–Crippen LogP) is 3.38. The Balaban J connectivity index is 1.83. The van der Waals surface area contributed by atoms with Crippen molar-refractivity contribution in [3.8, 4) is 28.7 Å². The van der Waals surface area contributed by atoms with Crippen molar-refractivity contribution >= 4 is 0 Å². The molecule has 1 heterocycles. The van der Waals surface area contributed by atoms with Gasteiger partial charge in [-0.1, -0.05) is 6.07 Å². The molecule has 27 heavy (non-hydrogen) atoms. The minimum absolute atomic E-state index is 0.214. The molecule has 1 N–H and O–H groups in total. The lowest BCUT2D eigenvalue weighted by atomic mass is 9.98. The Bertz CT molecular complexity index is 806. The molecule has 0 saturated carbocycles. The molecule has 1 aliphatic heterocycles. The quantitative estimate of drug-likeness (QED) is 0.803. The molecule has 2 aromatic rings. The van der Waals surface area contributed by atoms with Crippen LogP contribution in [0.5, 0.6) is 28.7 Å². The van der Waals surface area contributed by atoms with E-state index in [1.165, 1.54) is 11.1 Å². The Morgan fingerprint density at radius 2 is 1.74 bits per heavy atom. The van der Waals surface area contributed by atoms with Crippen LogP contribution in [0, 0.1) is 0 Å². The average molecular weight is 373 g/mol. The van der Waals surface area contributed by atoms with Gasteiger partial charge >= 0.3 is 0 Å². The van der Waals surface area contributed by atoms with Gasteiger partial charge in [-0.3, -0.25) is 4.90 Å². The van der Waals surface area contributed by atoms with Crippen LogP contribution in [0.15, 0.2) is 24.3 Å². The first-order valence-electron chi connectivity index (χ1n) is 9.09. The topological polar surface area (TPSA) is 60.4 Å². The molecule has 6 nitrogen and oxygen atoms in total. The Hall–Kier alpha value is -2.60. The van der Waals surface area contributed by atoms with Crippen LogP contribution >= 0.6 is 0 Å². The summed E-state index contributed by atoms with van der Waals surface area (Å²) in [5.41, 5.74) is 3.40. The van der Waals surface area contributed by atoms with E-state index in [0.29, 0.717) is 29.6 Å². The molecule has 0 fully saturated rings. The van der Waals surface area contributed by atoms with E-state index in [1.807, 2.05) is 31.2 Å². The second kappa shape index (κ2) is 8.39. The van der Waals surface area contributed by atoms with Crippen molar-refractivity contribution in [1.29, 1.82) is 0 Å². The molecule has 6 heteroatoms. The molecule has 0 aromatic heterocycles. The number of aromatic hydroxyl groups is 1. The molecule has 0 unspecified atom stereocenters. The van der Waals surface area contributed by atoms with E-state index in [-0.39, 0.29) is 5.75 Å². The highest BCUT2D eigenvalue weighted by molar-refractivity contribution is 5.56. The summed E-state index contributed by atoms with van der Waals surface area (Å²) in [4.78, 5) is 2.35. The van der Waals surface area contributed by atoms with Gasteiger partial charge in [0.25, 0.3) is 0 Å². The minimum Gasteiger partial charge on any atom is -0.504 e. The van der Waals surface area contributed by atoms with Crippen molar-refractivity contribution in [2.45, 2.75) is 26.4 Å². The maximum Gasteiger partial charge on any atom is 0.203 e. The number of rotatable bonds is 7. The number of ether oxygens (including phenoxy) is 4. The van der Waals surface area contributed by atoms with E-state index in [2.05, 4.69) is 4.90 Å². The third kappa shape index (κ3) is 3.90. The summed E-state index contributed by atoms with van der Waals surface area (Å²) < 4.78 is 22.0. The molecule has 0 spiro atoms. The summed E-state index contributed by atoms with van der Waals surface area (Å²) in [7, 11) is 4.87. The third-order valence-electron chi connectivity index (χ3n) is 4.85. The first-order chi connectivity index (χ1) is 13.1. The maximum absolute atomic E-state index is 10.1. The molecule has 0 atom stereocenters. The van der Waals surface area contributed by atoms with Crippen LogP contribution < -0.4 is 18.9 Å². The molecule has 2 aromatic carbocycles. The zero-order chi connectivity index (χ0) is 19.4. The van der Waals surface area contributed by atoms with Gasteiger partial charge in [0.2, 0.25) is 5.75 Å². The van der Waals surface area contributed by atoms with Crippen molar-refractivity contribution in [3.05, 3.63) is 41.0 Å². The Morgan fingerprint density at radius 3 is 2.41 bits per heavy atom. The summed E-state index contributed by atoms with van der Waals surface area (Å²) >= 11 is 0. The predicted molar refractivity (Wildman–Crippen MR) is 103 cm³/mol. The molecular formula is C21H27NO5. The number of nitrogens with zero attached hydrogens (tertiary/aromatic N) is 1. The third-order valence-corrected chi connectivity index (χ3v) is 4.85. The van der Waals surface area contributed by atoms with Crippen LogP contribution in [-0.2, 0) is 19.5 Å². The highest BCUT2D eigenvalue weighted by Crippen LogP contribution is 2.41. The highest BCUT2D eigenvalue weighted by atomic mass is 16.5. The van der Waals surface area contributed by atoms with E-state index in [0.717, 1.165) is 31.6 Å². The summed E-state index contributed by atoms with van der Waals surface area (Å²) in [5.74, 6) is 2.72. The second-order valence-electron chi connectivity index (χ2n) is 6.48. The van der Waals surface area contributed by atoms with E-state index in [1.54, 1.807) is 21.3 Å². The summed E-state index contributed by atoms with van der Waals surface area (Å²) in [6.07, 6.45) is 0.880. The van der Waals surface area contributed by atoms with Gasteiger partial charge < -0.3 is 24.1 Å². The van der Waals surface area contributed by atoms with E-state index >= 15 is 0 Å². The summed E-state index contributed by atoms with van der Waals surface area (Å²) in [6, 6.07) is 7.69. The summed E-state index contributed by atoms with van der Waals surface area (Å²) in [6.45, 7) is 4.85. The van der Waals surface area contributed by atoms with E-state index < -0.39 is 0 Å². The average Bonchev–Trinajstić information content (AvgIpc) is 2.68. The van der Waals surface area contributed by atoms with Gasteiger partial charge in [0.15, 0.2) is 23.0 Å². The number of benzene rings is 2. The molecule has 146 valence electrons. The van der Waals surface area contributed by atoms with Gasteiger partial charge in [0.05, 0.1) is 27.9 Å². The first-order valence-corrected chi connectivity index (χ1v) is 9.09.